The van der Waals surface area contributed by atoms with E-state index in [1.165, 1.54) is 44.2 Å². The molecule has 0 spiro atoms. The first-order valence-electron chi connectivity index (χ1n) is 5.70. The van der Waals surface area contributed by atoms with Crippen molar-refractivity contribution in [3.8, 4) is 0 Å². The maximum absolute atomic E-state index is 4.34. The van der Waals surface area contributed by atoms with Crippen LogP contribution < -0.4 is 0 Å². The standard InChI is InChI=1S/C12H18N2/c1-2-4-6-11(5-3-1)9-12-10-13-7-8-14-12/h7-8,10-11H,1-6,9H2. The van der Waals surface area contributed by atoms with E-state index in [2.05, 4.69) is 9.97 Å². The Morgan fingerprint density at radius 2 is 1.86 bits per heavy atom. The van der Waals surface area contributed by atoms with Crippen LogP contribution in [-0.2, 0) is 6.42 Å². The van der Waals surface area contributed by atoms with Crippen molar-refractivity contribution < 1.29 is 0 Å². The average molecular weight is 190 g/mol. The first-order valence-corrected chi connectivity index (χ1v) is 5.70. The number of nitrogens with zero attached hydrogens (tertiary/aromatic N) is 2. The Balaban J connectivity index is 1.90. The smallest absolute Gasteiger partial charge is 0.0589 e. The molecule has 0 saturated heterocycles. The van der Waals surface area contributed by atoms with Gasteiger partial charge in [-0.05, 0) is 12.3 Å². The van der Waals surface area contributed by atoms with Crippen molar-refractivity contribution in [2.45, 2.75) is 44.9 Å². The Morgan fingerprint density at radius 1 is 1.07 bits per heavy atom. The van der Waals surface area contributed by atoms with Crippen LogP contribution in [0.15, 0.2) is 18.6 Å². The normalized spacial score (nSPS) is 19.1. The van der Waals surface area contributed by atoms with Gasteiger partial charge in [0.2, 0.25) is 0 Å². The molecule has 76 valence electrons. The minimum absolute atomic E-state index is 0.856. The van der Waals surface area contributed by atoms with Crippen LogP contribution in [0.25, 0.3) is 0 Å². The zero-order valence-electron chi connectivity index (χ0n) is 8.65. The van der Waals surface area contributed by atoms with Gasteiger partial charge in [0.25, 0.3) is 0 Å². The second-order valence-corrected chi connectivity index (χ2v) is 4.26. The summed E-state index contributed by atoms with van der Waals surface area (Å²) in [5.74, 6) is 0.856. The summed E-state index contributed by atoms with van der Waals surface area (Å²) in [6.45, 7) is 0. The van der Waals surface area contributed by atoms with Crippen LogP contribution in [0, 0.1) is 5.92 Å². The molecular weight excluding hydrogens is 172 g/mol. The molecule has 0 amide bonds. The highest BCUT2D eigenvalue weighted by atomic mass is 14.8. The van der Waals surface area contributed by atoms with Crippen molar-refractivity contribution in [1.29, 1.82) is 0 Å². The molecule has 14 heavy (non-hydrogen) atoms. The van der Waals surface area contributed by atoms with Crippen LogP contribution in [0.4, 0.5) is 0 Å². The third-order valence-corrected chi connectivity index (χ3v) is 3.09. The highest BCUT2D eigenvalue weighted by Gasteiger charge is 2.13. The van der Waals surface area contributed by atoms with Crippen molar-refractivity contribution in [2.24, 2.45) is 5.92 Å². The molecule has 0 N–H and O–H groups in total. The molecule has 0 aliphatic heterocycles. The topological polar surface area (TPSA) is 25.8 Å². The third-order valence-electron chi connectivity index (χ3n) is 3.09. The largest absolute Gasteiger partial charge is 0.261 e. The molecule has 1 fully saturated rings. The van der Waals surface area contributed by atoms with E-state index in [0.717, 1.165) is 12.3 Å². The SMILES string of the molecule is c1cnc(CC2CCCCCC2)cn1. The zero-order chi connectivity index (χ0) is 9.64. The van der Waals surface area contributed by atoms with Crippen molar-refractivity contribution in [2.75, 3.05) is 0 Å². The fraction of sp³-hybridized carbons (Fsp3) is 0.667. The molecular formula is C12H18N2. The first kappa shape index (κ1) is 9.63. The Bertz CT molecular complexity index is 250. The molecule has 1 aliphatic carbocycles. The molecule has 1 aliphatic rings. The van der Waals surface area contributed by atoms with E-state index in [0.29, 0.717) is 0 Å². The van der Waals surface area contributed by atoms with Gasteiger partial charge >= 0.3 is 0 Å². The number of hydrogen-bond donors (Lipinski definition) is 0. The first-order chi connectivity index (χ1) is 6.95. The molecule has 2 nitrogen and oxygen atoms in total. The summed E-state index contributed by atoms with van der Waals surface area (Å²) in [5.41, 5.74) is 1.17. The molecule has 0 atom stereocenters. The van der Waals surface area contributed by atoms with Gasteiger partial charge in [-0.2, -0.15) is 0 Å². The van der Waals surface area contributed by atoms with Gasteiger partial charge in [-0.15, -0.1) is 0 Å². The predicted octanol–water partition coefficient (Wildman–Crippen LogP) is 2.99. The van der Waals surface area contributed by atoms with Crippen LogP contribution in [0.3, 0.4) is 0 Å². The molecule has 1 heterocycles. The van der Waals surface area contributed by atoms with E-state index in [9.17, 15) is 0 Å². The lowest BCUT2D eigenvalue weighted by Gasteiger charge is -2.12. The van der Waals surface area contributed by atoms with E-state index in [4.69, 9.17) is 0 Å². The Kier molecular flexibility index (Phi) is 3.50. The minimum atomic E-state index is 0.856. The van der Waals surface area contributed by atoms with Gasteiger partial charge in [-0.1, -0.05) is 38.5 Å². The maximum Gasteiger partial charge on any atom is 0.0589 e. The van der Waals surface area contributed by atoms with Crippen LogP contribution in [0.1, 0.15) is 44.2 Å². The summed E-state index contributed by atoms with van der Waals surface area (Å²) < 4.78 is 0. The molecule has 2 rings (SSSR count). The van der Waals surface area contributed by atoms with E-state index >= 15 is 0 Å². The quantitative estimate of drug-likeness (QED) is 0.670. The Morgan fingerprint density at radius 3 is 2.50 bits per heavy atom. The molecule has 0 radical (unpaired) electrons. The van der Waals surface area contributed by atoms with E-state index in [-0.39, 0.29) is 0 Å². The van der Waals surface area contributed by atoms with E-state index in [1.54, 1.807) is 12.4 Å². The second-order valence-electron chi connectivity index (χ2n) is 4.26. The summed E-state index contributed by atoms with van der Waals surface area (Å²) >= 11 is 0. The lowest BCUT2D eigenvalue weighted by molar-refractivity contribution is 0.453. The Labute approximate surface area is 85.8 Å². The molecule has 0 bridgehead atoms. The van der Waals surface area contributed by atoms with Crippen LogP contribution in [0.2, 0.25) is 0 Å². The van der Waals surface area contributed by atoms with Gasteiger partial charge < -0.3 is 0 Å². The average Bonchev–Trinajstić information content (AvgIpc) is 2.48. The van der Waals surface area contributed by atoms with E-state index < -0.39 is 0 Å². The van der Waals surface area contributed by atoms with Crippen molar-refractivity contribution in [3.05, 3.63) is 24.3 Å². The molecule has 2 heteroatoms. The third kappa shape index (κ3) is 2.79. The van der Waals surface area contributed by atoms with E-state index in [1.807, 2.05) is 6.20 Å². The summed E-state index contributed by atoms with van der Waals surface area (Å²) in [5, 5.41) is 0. The van der Waals surface area contributed by atoms with Gasteiger partial charge in [-0.25, -0.2) is 0 Å². The van der Waals surface area contributed by atoms with Crippen molar-refractivity contribution >= 4 is 0 Å². The summed E-state index contributed by atoms with van der Waals surface area (Å²) in [4.78, 5) is 8.45. The predicted molar refractivity (Wildman–Crippen MR) is 56.9 cm³/mol. The van der Waals surface area contributed by atoms with Gasteiger partial charge in [0.1, 0.15) is 0 Å². The second kappa shape index (κ2) is 5.08. The number of aromatic nitrogens is 2. The van der Waals surface area contributed by atoms with Crippen molar-refractivity contribution in [3.63, 3.8) is 0 Å². The van der Waals surface area contributed by atoms with Crippen molar-refractivity contribution in [1.82, 2.24) is 9.97 Å². The van der Waals surface area contributed by atoms with Gasteiger partial charge in [0.05, 0.1) is 5.69 Å². The molecule has 0 aromatic carbocycles. The fourth-order valence-corrected chi connectivity index (χ4v) is 2.30. The van der Waals surface area contributed by atoms with Crippen LogP contribution in [0.5, 0.6) is 0 Å². The fourth-order valence-electron chi connectivity index (χ4n) is 2.30. The molecule has 1 aromatic heterocycles. The lowest BCUT2D eigenvalue weighted by atomic mass is 9.95. The molecule has 0 unspecified atom stereocenters. The minimum Gasteiger partial charge on any atom is -0.261 e. The zero-order valence-corrected chi connectivity index (χ0v) is 8.65. The highest BCUT2D eigenvalue weighted by Crippen LogP contribution is 2.25. The lowest BCUT2D eigenvalue weighted by Crippen LogP contribution is -2.04. The van der Waals surface area contributed by atoms with Crippen LogP contribution >= 0.6 is 0 Å². The Hall–Kier alpha value is -0.920. The van der Waals surface area contributed by atoms with Gasteiger partial charge in [0.15, 0.2) is 0 Å². The summed E-state index contributed by atoms with van der Waals surface area (Å²) in [6.07, 6.45) is 15.0. The van der Waals surface area contributed by atoms with Gasteiger partial charge in [-0.3, -0.25) is 9.97 Å². The molecule has 1 aromatic rings. The molecule has 1 saturated carbocycles. The summed E-state index contributed by atoms with van der Waals surface area (Å²) in [7, 11) is 0. The monoisotopic (exact) mass is 190 g/mol. The maximum atomic E-state index is 4.34. The van der Waals surface area contributed by atoms with Gasteiger partial charge in [0, 0.05) is 18.6 Å². The van der Waals surface area contributed by atoms with Crippen LogP contribution in [-0.4, -0.2) is 9.97 Å². The summed E-state index contributed by atoms with van der Waals surface area (Å²) in [6, 6.07) is 0. The number of hydrogen-bond acceptors (Lipinski definition) is 2. The highest BCUT2D eigenvalue weighted by molar-refractivity contribution is 4.96. The number of rotatable bonds is 2.